The van der Waals surface area contributed by atoms with E-state index in [2.05, 4.69) is 17.2 Å². The summed E-state index contributed by atoms with van der Waals surface area (Å²) in [5, 5.41) is 9.12. The Balaban J connectivity index is 1.97. The number of nitrogens with two attached hydrogens (primary N) is 1. The summed E-state index contributed by atoms with van der Waals surface area (Å²) in [6.45, 7) is 2.22. The molecule has 2 unspecified atom stereocenters. The van der Waals surface area contributed by atoms with Crippen molar-refractivity contribution >= 4 is 23.5 Å². The van der Waals surface area contributed by atoms with Gasteiger partial charge in [0.1, 0.15) is 5.03 Å². The molecule has 2 atom stereocenters. The summed E-state index contributed by atoms with van der Waals surface area (Å²) in [6, 6.07) is 3.60. The van der Waals surface area contributed by atoms with E-state index in [1.165, 1.54) is 6.42 Å². The second-order valence-corrected chi connectivity index (χ2v) is 5.61. The molecule has 1 amide bonds. The van der Waals surface area contributed by atoms with Gasteiger partial charge in [-0.3, -0.25) is 9.93 Å². The van der Waals surface area contributed by atoms with Gasteiger partial charge >= 0.3 is 0 Å². The highest BCUT2D eigenvalue weighted by Crippen LogP contribution is 2.29. The SMILES string of the molecule is CC1CCCC(C(=O)Nc2ccnc(SN)c2)C1. The van der Waals surface area contributed by atoms with Crippen LogP contribution in [0.1, 0.15) is 32.6 Å². The molecule has 1 saturated carbocycles. The molecular formula is C13H19N3OS. The maximum absolute atomic E-state index is 12.1. The largest absolute Gasteiger partial charge is 0.326 e. The molecule has 98 valence electrons. The minimum atomic E-state index is 0.126. The van der Waals surface area contributed by atoms with Gasteiger partial charge in [-0.05, 0) is 42.8 Å². The van der Waals surface area contributed by atoms with Gasteiger partial charge in [0.05, 0.1) is 0 Å². The smallest absolute Gasteiger partial charge is 0.227 e. The van der Waals surface area contributed by atoms with Gasteiger partial charge in [-0.2, -0.15) is 0 Å². The van der Waals surface area contributed by atoms with Crippen molar-refractivity contribution in [3.63, 3.8) is 0 Å². The van der Waals surface area contributed by atoms with Gasteiger partial charge in [0, 0.05) is 17.8 Å². The van der Waals surface area contributed by atoms with Crippen LogP contribution in [0.4, 0.5) is 5.69 Å². The standard InChI is InChI=1S/C13H19N3OS/c1-9-3-2-4-10(7-9)13(17)16-11-5-6-15-12(8-11)18-14/h5-6,8-10H,2-4,7,14H2,1H3,(H,15,16,17). The third kappa shape index (κ3) is 3.46. The van der Waals surface area contributed by atoms with Gasteiger partial charge < -0.3 is 5.32 Å². The van der Waals surface area contributed by atoms with E-state index in [0.717, 1.165) is 36.9 Å². The minimum absolute atomic E-state index is 0.126. The van der Waals surface area contributed by atoms with E-state index in [-0.39, 0.29) is 11.8 Å². The summed E-state index contributed by atoms with van der Waals surface area (Å²) < 4.78 is 0. The zero-order chi connectivity index (χ0) is 13.0. The highest BCUT2D eigenvalue weighted by atomic mass is 32.2. The number of carbonyl (C=O) groups is 1. The minimum Gasteiger partial charge on any atom is -0.326 e. The lowest BCUT2D eigenvalue weighted by molar-refractivity contribution is -0.121. The topological polar surface area (TPSA) is 68.0 Å². The zero-order valence-corrected chi connectivity index (χ0v) is 11.4. The maximum Gasteiger partial charge on any atom is 0.227 e. The molecule has 18 heavy (non-hydrogen) atoms. The van der Waals surface area contributed by atoms with Crippen molar-refractivity contribution < 1.29 is 4.79 Å². The predicted octanol–water partition coefficient (Wildman–Crippen LogP) is 2.81. The molecule has 5 heteroatoms. The second-order valence-electron chi connectivity index (χ2n) is 4.96. The van der Waals surface area contributed by atoms with Gasteiger partial charge in [-0.1, -0.05) is 19.8 Å². The number of nitrogens with zero attached hydrogens (tertiary/aromatic N) is 1. The number of hydrogen-bond donors (Lipinski definition) is 2. The highest BCUT2D eigenvalue weighted by Gasteiger charge is 2.24. The van der Waals surface area contributed by atoms with Crippen LogP contribution in [-0.4, -0.2) is 10.9 Å². The lowest BCUT2D eigenvalue weighted by Gasteiger charge is -2.25. The number of aromatic nitrogens is 1. The van der Waals surface area contributed by atoms with Crippen molar-refractivity contribution in [3.05, 3.63) is 18.3 Å². The quantitative estimate of drug-likeness (QED) is 0.825. The average molecular weight is 265 g/mol. The van der Waals surface area contributed by atoms with Crippen LogP contribution in [0, 0.1) is 11.8 Å². The van der Waals surface area contributed by atoms with E-state index in [1.807, 2.05) is 0 Å². The lowest BCUT2D eigenvalue weighted by atomic mass is 9.82. The number of hydrogen-bond acceptors (Lipinski definition) is 4. The molecule has 1 aliphatic carbocycles. The molecule has 1 aliphatic rings. The van der Waals surface area contributed by atoms with Crippen LogP contribution in [0.5, 0.6) is 0 Å². The molecule has 3 N–H and O–H groups in total. The van der Waals surface area contributed by atoms with Crippen LogP contribution in [0.25, 0.3) is 0 Å². The molecule has 0 radical (unpaired) electrons. The van der Waals surface area contributed by atoms with Crippen molar-refractivity contribution in [2.45, 2.75) is 37.6 Å². The molecule has 1 aromatic rings. The molecule has 0 spiro atoms. The van der Waals surface area contributed by atoms with E-state index in [9.17, 15) is 4.79 Å². The number of carbonyl (C=O) groups excluding carboxylic acids is 1. The molecule has 1 aromatic heterocycles. The summed E-state index contributed by atoms with van der Waals surface area (Å²) >= 11 is 1.08. The van der Waals surface area contributed by atoms with E-state index < -0.39 is 0 Å². The molecule has 0 aromatic carbocycles. The molecule has 0 saturated heterocycles. The molecule has 0 aliphatic heterocycles. The summed E-state index contributed by atoms with van der Waals surface area (Å²) in [5.74, 6) is 0.929. The van der Waals surface area contributed by atoms with Crippen molar-refractivity contribution in [3.8, 4) is 0 Å². The Kier molecular flexibility index (Phi) is 4.60. The summed E-state index contributed by atoms with van der Waals surface area (Å²) in [6.07, 6.45) is 6.05. The van der Waals surface area contributed by atoms with Crippen LogP contribution in [0.15, 0.2) is 23.4 Å². The summed E-state index contributed by atoms with van der Waals surface area (Å²) in [5.41, 5.74) is 0.779. The highest BCUT2D eigenvalue weighted by molar-refractivity contribution is 7.97. The van der Waals surface area contributed by atoms with Crippen molar-refractivity contribution in [2.75, 3.05) is 5.32 Å². The number of rotatable bonds is 3. The summed E-state index contributed by atoms with van der Waals surface area (Å²) in [4.78, 5) is 16.2. The number of anilines is 1. The first-order chi connectivity index (χ1) is 8.69. The van der Waals surface area contributed by atoms with Crippen LogP contribution in [0.2, 0.25) is 0 Å². The first kappa shape index (κ1) is 13.4. The van der Waals surface area contributed by atoms with Crippen LogP contribution >= 0.6 is 11.9 Å². The molecule has 1 heterocycles. The van der Waals surface area contributed by atoms with Gasteiger partial charge in [-0.25, -0.2) is 4.98 Å². The Labute approximate surface area is 112 Å². The molecule has 2 rings (SSSR count). The van der Waals surface area contributed by atoms with Crippen molar-refractivity contribution in [1.29, 1.82) is 0 Å². The maximum atomic E-state index is 12.1. The van der Waals surface area contributed by atoms with Gasteiger partial charge in [0.15, 0.2) is 0 Å². The van der Waals surface area contributed by atoms with E-state index in [0.29, 0.717) is 10.9 Å². The fourth-order valence-corrected chi connectivity index (χ4v) is 2.78. The molecular weight excluding hydrogens is 246 g/mol. The van der Waals surface area contributed by atoms with Gasteiger partial charge in [0.25, 0.3) is 0 Å². The number of pyridine rings is 1. The average Bonchev–Trinajstić information content (AvgIpc) is 2.39. The fraction of sp³-hybridized carbons (Fsp3) is 0.538. The van der Waals surface area contributed by atoms with Gasteiger partial charge in [0.2, 0.25) is 5.91 Å². The first-order valence-corrected chi connectivity index (χ1v) is 7.20. The molecule has 1 fully saturated rings. The normalized spacial score (nSPS) is 23.7. The number of nitrogens with one attached hydrogen (secondary N) is 1. The van der Waals surface area contributed by atoms with Crippen molar-refractivity contribution in [2.24, 2.45) is 17.0 Å². The third-order valence-corrected chi connectivity index (χ3v) is 3.90. The number of amides is 1. The van der Waals surface area contributed by atoms with Gasteiger partial charge in [-0.15, -0.1) is 0 Å². The Morgan fingerprint density at radius 2 is 2.39 bits per heavy atom. The van der Waals surface area contributed by atoms with Crippen LogP contribution < -0.4 is 10.5 Å². The Bertz CT molecular complexity index is 424. The second kappa shape index (κ2) is 6.20. The predicted molar refractivity (Wildman–Crippen MR) is 74.0 cm³/mol. The Morgan fingerprint density at radius 1 is 1.56 bits per heavy atom. The van der Waals surface area contributed by atoms with E-state index in [4.69, 9.17) is 5.14 Å². The Hall–Kier alpha value is -1.07. The van der Waals surface area contributed by atoms with E-state index in [1.54, 1.807) is 18.3 Å². The third-order valence-electron chi connectivity index (χ3n) is 3.43. The first-order valence-electron chi connectivity index (χ1n) is 6.32. The van der Waals surface area contributed by atoms with E-state index >= 15 is 0 Å². The summed E-state index contributed by atoms with van der Waals surface area (Å²) in [7, 11) is 0. The monoisotopic (exact) mass is 265 g/mol. The fourth-order valence-electron chi connectivity index (χ4n) is 2.47. The van der Waals surface area contributed by atoms with Crippen LogP contribution in [0.3, 0.4) is 0 Å². The van der Waals surface area contributed by atoms with Crippen LogP contribution in [-0.2, 0) is 4.79 Å². The van der Waals surface area contributed by atoms with Crippen molar-refractivity contribution in [1.82, 2.24) is 4.98 Å². The molecule has 0 bridgehead atoms. The zero-order valence-electron chi connectivity index (χ0n) is 10.6. The molecule has 4 nitrogen and oxygen atoms in total. The lowest BCUT2D eigenvalue weighted by Crippen LogP contribution is -2.27. The Morgan fingerprint density at radius 3 is 3.11 bits per heavy atom.